The highest BCUT2D eigenvalue weighted by Gasteiger charge is 2.13. The Morgan fingerprint density at radius 1 is 1.24 bits per heavy atom. The molecule has 0 bridgehead atoms. The second-order valence-corrected chi connectivity index (χ2v) is 5.30. The molecule has 0 aliphatic rings. The van der Waals surface area contributed by atoms with E-state index in [9.17, 15) is 0 Å². The molecular formula is C17H18ClN3. The summed E-state index contributed by atoms with van der Waals surface area (Å²) >= 11 is 6.42. The fraction of sp³-hybridized carbons (Fsp3) is 0.235. The standard InChI is InChI=1S/C17H18ClN3/c1-13(20)14-8-9-17(16(18)12-14)21(11-5-10-19)15-6-3-2-4-7-15/h2-4,6-9,12-13H,5,11,20H2,1H3. The molecule has 0 spiro atoms. The highest BCUT2D eigenvalue weighted by Crippen LogP contribution is 2.33. The lowest BCUT2D eigenvalue weighted by molar-refractivity contribution is 0.817. The van der Waals surface area contributed by atoms with E-state index in [1.165, 1.54) is 0 Å². The van der Waals surface area contributed by atoms with Crippen molar-refractivity contribution in [1.29, 1.82) is 5.26 Å². The van der Waals surface area contributed by atoms with E-state index in [-0.39, 0.29) is 6.04 Å². The summed E-state index contributed by atoms with van der Waals surface area (Å²) in [5, 5.41) is 9.51. The molecule has 0 amide bonds. The average Bonchev–Trinajstić information content (AvgIpc) is 2.50. The Labute approximate surface area is 130 Å². The van der Waals surface area contributed by atoms with Crippen LogP contribution in [0.25, 0.3) is 0 Å². The summed E-state index contributed by atoms with van der Waals surface area (Å²) in [6, 6.07) is 17.9. The van der Waals surface area contributed by atoms with Gasteiger partial charge in [-0.3, -0.25) is 0 Å². The van der Waals surface area contributed by atoms with E-state index < -0.39 is 0 Å². The molecule has 0 heterocycles. The second-order valence-electron chi connectivity index (χ2n) is 4.89. The maximum atomic E-state index is 8.87. The van der Waals surface area contributed by atoms with Crippen LogP contribution in [0, 0.1) is 11.3 Å². The van der Waals surface area contributed by atoms with Crippen molar-refractivity contribution in [2.24, 2.45) is 5.73 Å². The highest BCUT2D eigenvalue weighted by molar-refractivity contribution is 6.33. The third kappa shape index (κ3) is 3.75. The molecule has 2 aromatic carbocycles. The summed E-state index contributed by atoms with van der Waals surface area (Å²) in [5.74, 6) is 0. The molecule has 108 valence electrons. The molecule has 0 radical (unpaired) electrons. The van der Waals surface area contributed by atoms with Crippen LogP contribution in [0.15, 0.2) is 48.5 Å². The molecular weight excluding hydrogens is 282 g/mol. The second kappa shape index (κ2) is 7.12. The summed E-state index contributed by atoms with van der Waals surface area (Å²) < 4.78 is 0. The first-order valence-electron chi connectivity index (χ1n) is 6.88. The Hall–Kier alpha value is -2.02. The van der Waals surface area contributed by atoms with Crippen molar-refractivity contribution in [3.8, 4) is 6.07 Å². The van der Waals surface area contributed by atoms with Gasteiger partial charge in [-0.2, -0.15) is 5.26 Å². The molecule has 2 rings (SSSR count). The van der Waals surface area contributed by atoms with E-state index in [0.29, 0.717) is 18.0 Å². The largest absolute Gasteiger partial charge is 0.339 e. The van der Waals surface area contributed by atoms with Crippen molar-refractivity contribution in [2.75, 3.05) is 11.4 Å². The summed E-state index contributed by atoms with van der Waals surface area (Å²) in [6.07, 6.45) is 0.431. The lowest BCUT2D eigenvalue weighted by Crippen LogP contribution is -2.18. The van der Waals surface area contributed by atoms with Crippen LogP contribution in [0.2, 0.25) is 5.02 Å². The Kier molecular flexibility index (Phi) is 5.21. The molecule has 0 aliphatic carbocycles. The molecule has 0 aromatic heterocycles. The quantitative estimate of drug-likeness (QED) is 0.889. The minimum atomic E-state index is -0.0548. The van der Waals surface area contributed by atoms with Gasteiger partial charge in [0, 0.05) is 18.3 Å². The molecule has 1 unspecified atom stereocenters. The van der Waals surface area contributed by atoms with Crippen LogP contribution < -0.4 is 10.6 Å². The maximum Gasteiger partial charge on any atom is 0.0646 e. The summed E-state index contributed by atoms with van der Waals surface area (Å²) in [6.45, 7) is 2.52. The summed E-state index contributed by atoms with van der Waals surface area (Å²) in [7, 11) is 0. The van der Waals surface area contributed by atoms with Gasteiger partial charge in [-0.15, -0.1) is 0 Å². The van der Waals surface area contributed by atoms with Crippen LogP contribution in [0.3, 0.4) is 0 Å². The van der Waals surface area contributed by atoms with Crippen LogP contribution in [0.5, 0.6) is 0 Å². The number of hydrogen-bond donors (Lipinski definition) is 1. The smallest absolute Gasteiger partial charge is 0.0646 e. The number of para-hydroxylation sites is 1. The van der Waals surface area contributed by atoms with Gasteiger partial charge >= 0.3 is 0 Å². The topological polar surface area (TPSA) is 53.0 Å². The normalized spacial score (nSPS) is 11.7. The SMILES string of the molecule is CC(N)c1ccc(N(CCC#N)c2ccccc2)c(Cl)c1. The van der Waals surface area contributed by atoms with Gasteiger partial charge in [0.05, 0.1) is 23.2 Å². The van der Waals surface area contributed by atoms with Gasteiger partial charge in [-0.1, -0.05) is 35.9 Å². The number of hydrogen-bond acceptors (Lipinski definition) is 3. The first-order chi connectivity index (χ1) is 10.1. The molecule has 4 heteroatoms. The predicted molar refractivity (Wildman–Crippen MR) is 87.7 cm³/mol. The van der Waals surface area contributed by atoms with E-state index >= 15 is 0 Å². The van der Waals surface area contributed by atoms with Crippen molar-refractivity contribution in [2.45, 2.75) is 19.4 Å². The monoisotopic (exact) mass is 299 g/mol. The van der Waals surface area contributed by atoms with E-state index in [1.807, 2.05) is 55.5 Å². The van der Waals surface area contributed by atoms with E-state index in [4.69, 9.17) is 22.6 Å². The van der Waals surface area contributed by atoms with Crippen molar-refractivity contribution < 1.29 is 0 Å². The zero-order chi connectivity index (χ0) is 15.2. The molecule has 21 heavy (non-hydrogen) atoms. The van der Waals surface area contributed by atoms with Crippen LogP contribution in [-0.2, 0) is 0 Å². The van der Waals surface area contributed by atoms with E-state index in [1.54, 1.807) is 0 Å². The molecule has 0 aliphatic heterocycles. The number of nitrogens with two attached hydrogens (primary N) is 1. The Morgan fingerprint density at radius 2 is 1.95 bits per heavy atom. The average molecular weight is 300 g/mol. The molecule has 0 saturated carbocycles. The van der Waals surface area contributed by atoms with Gasteiger partial charge in [0.15, 0.2) is 0 Å². The fourth-order valence-corrected chi connectivity index (χ4v) is 2.47. The molecule has 2 aromatic rings. The van der Waals surface area contributed by atoms with Crippen molar-refractivity contribution >= 4 is 23.0 Å². The van der Waals surface area contributed by atoms with Gasteiger partial charge in [-0.25, -0.2) is 0 Å². The van der Waals surface area contributed by atoms with Crippen LogP contribution in [0.4, 0.5) is 11.4 Å². The van der Waals surface area contributed by atoms with Crippen LogP contribution in [0.1, 0.15) is 24.9 Å². The van der Waals surface area contributed by atoms with Crippen molar-refractivity contribution in [1.82, 2.24) is 0 Å². The first kappa shape index (κ1) is 15.4. The fourth-order valence-electron chi connectivity index (χ4n) is 2.18. The first-order valence-corrected chi connectivity index (χ1v) is 7.26. The van der Waals surface area contributed by atoms with Crippen molar-refractivity contribution in [3.63, 3.8) is 0 Å². The van der Waals surface area contributed by atoms with Gasteiger partial charge in [0.1, 0.15) is 0 Å². The lowest BCUT2D eigenvalue weighted by atomic mass is 10.1. The van der Waals surface area contributed by atoms with Gasteiger partial charge in [0.2, 0.25) is 0 Å². The lowest BCUT2D eigenvalue weighted by Gasteiger charge is -2.25. The predicted octanol–water partition coefficient (Wildman–Crippen LogP) is 4.41. The van der Waals surface area contributed by atoms with Gasteiger partial charge < -0.3 is 10.6 Å². The van der Waals surface area contributed by atoms with E-state index in [0.717, 1.165) is 16.9 Å². The zero-order valence-corrected chi connectivity index (χ0v) is 12.7. The zero-order valence-electron chi connectivity index (χ0n) is 12.0. The maximum absolute atomic E-state index is 8.87. The van der Waals surface area contributed by atoms with Gasteiger partial charge in [0.25, 0.3) is 0 Å². The van der Waals surface area contributed by atoms with E-state index in [2.05, 4.69) is 11.0 Å². The van der Waals surface area contributed by atoms with Gasteiger partial charge in [-0.05, 0) is 36.8 Å². The summed E-state index contributed by atoms with van der Waals surface area (Å²) in [5.41, 5.74) is 8.79. The third-order valence-electron chi connectivity index (χ3n) is 3.30. The summed E-state index contributed by atoms with van der Waals surface area (Å²) in [4.78, 5) is 2.05. The molecule has 1 atom stereocenters. The molecule has 2 N–H and O–H groups in total. The molecule has 0 fully saturated rings. The minimum Gasteiger partial charge on any atom is -0.339 e. The number of rotatable bonds is 5. The highest BCUT2D eigenvalue weighted by atomic mass is 35.5. The molecule has 0 saturated heterocycles. The third-order valence-corrected chi connectivity index (χ3v) is 3.61. The Bertz CT molecular complexity index is 632. The minimum absolute atomic E-state index is 0.0548. The molecule has 3 nitrogen and oxygen atoms in total. The van der Waals surface area contributed by atoms with Crippen molar-refractivity contribution in [3.05, 3.63) is 59.1 Å². The van der Waals surface area contributed by atoms with Crippen LogP contribution >= 0.6 is 11.6 Å². The number of halogens is 1. The Morgan fingerprint density at radius 3 is 2.52 bits per heavy atom. The number of benzene rings is 2. The number of nitriles is 1. The number of nitrogens with zero attached hydrogens (tertiary/aromatic N) is 2. The Balaban J connectivity index is 2.40. The number of anilines is 2. The van der Waals surface area contributed by atoms with Crippen LogP contribution in [-0.4, -0.2) is 6.54 Å².